The molecule has 2 heteroatoms. The van der Waals surface area contributed by atoms with Gasteiger partial charge in [-0.2, -0.15) is 0 Å². The molecule has 1 aliphatic carbocycles. The molecule has 0 radical (unpaired) electrons. The molecule has 0 heterocycles. The number of aliphatic hydroxyl groups excluding tert-OH is 1. The van der Waals surface area contributed by atoms with Gasteiger partial charge >= 0.3 is 97.2 Å². The van der Waals surface area contributed by atoms with Crippen molar-refractivity contribution in [1.82, 2.24) is 0 Å². The molecular weight excluding hydrogens is 251 g/mol. The van der Waals surface area contributed by atoms with Crippen LogP contribution in [0.2, 0.25) is 0 Å². The van der Waals surface area contributed by atoms with Gasteiger partial charge in [-0.3, -0.25) is 0 Å². The van der Waals surface area contributed by atoms with Crippen LogP contribution in [0, 0.1) is 0 Å². The molecular formula is C13H16OSe. The van der Waals surface area contributed by atoms with Crippen molar-refractivity contribution in [3.63, 3.8) is 0 Å². The summed E-state index contributed by atoms with van der Waals surface area (Å²) in [6.07, 6.45) is 5.65. The van der Waals surface area contributed by atoms with E-state index < -0.39 is 0 Å². The topological polar surface area (TPSA) is 20.2 Å². The second-order valence-corrected chi connectivity index (χ2v) is 6.30. The number of benzene rings is 1. The number of allylic oxidation sites excluding steroid dienone is 2. The van der Waals surface area contributed by atoms with Crippen LogP contribution in [0.15, 0.2) is 40.6 Å². The van der Waals surface area contributed by atoms with Crippen LogP contribution in [-0.2, 0) is 0 Å². The third-order valence-corrected chi connectivity index (χ3v) is 5.13. The van der Waals surface area contributed by atoms with Crippen molar-refractivity contribution in [1.29, 1.82) is 0 Å². The summed E-state index contributed by atoms with van der Waals surface area (Å²) in [5.41, 5.74) is 0. The summed E-state index contributed by atoms with van der Waals surface area (Å²) in [5, 5.41) is 9.91. The summed E-state index contributed by atoms with van der Waals surface area (Å²) in [5.74, 6) is 0.677. The molecule has 80 valence electrons. The van der Waals surface area contributed by atoms with Gasteiger partial charge in [-0.1, -0.05) is 0 Å². The van der Waals surface area contributed by atoms with Gasteiger partial charge < -0.3 is 0 Å². The molecule has 1 aliphatic rings. The maximum absolute atomic E-state index is 9.91. The summed E-state index contributed by atoms with van der Waals surface area (Å²) in [6.45, 7) is 0. The summed E-state index contributed by atoms with van der Waals surface area (Å²) in [4.78, 5) is 0. The van der Waals surface area contributed by atoms with Crippen LogP contribution in [0.25, 0.3) is 0 Å². The van der Waals surface area contributed by atoms with Crippen LogP contribution in [0.4, 0.5) is 0 Å². The predicted molar refractivity (Wildman–Crippen MR) is 64.6 cm³/mol. The zero-order valence-electron chi connectivity index (χ0n) is 8.78. The Morgan fingerprint density at radius 2 is 1.67 bits per heavy atom. The molecule has 1 aromatic rings. The van der Waals surface area contributed by atoms with Gasteiger partial charge in [-0.05, 0) is 0 Å². The zero-order valence-corrected chi connectivity index (χ0v) is 10.5. The summed E-state index contributed by atoms with van der Waals surface area (Å²) >= 11 is 0.329. The number of rotatable bonds is 2. The first-order chi connectivity index (χ1) is 7.36. The van der Waals surface area contributed by atoms with E-state index in [0.29, 0.717) is 20.7 Å². The Morgan fingerprint density at radius 1 is 0.933 bits per heavy atom. The van der Waals surface area contributed by atoms with Crippen molar-refractivity contribution in [3.8, 4) is 0 Å². The van der Waals surface area contributed by atoms with Crippen LogP contribution in [0.1, 0.15) is 32.1 Å². The van der Waals surface area contributed by atoms with Gasteiger partial charge in [0.1, 0.15) is 0 Å². The summed E-state index contributed by atoms with van der Waals surface area (Å²) < 4.78 is 2.68. The third-order valence-electron chi connectivity index (χ3n) is 2.62. The fraction of sp³-hybridized carbons (Fsp3) is 0.385. The van der Waals surface area contributed by atoms with E-state index in [1.807, 2.05) is 6.07 Å². The van der Waals surface area contributed by atoms with Crippen LogP contribution in [0.5, 0.6) is 0 Å². The Morgan fingerprint density at radius 3 is 2.47 bits per heavy atom. The van der Waals surface area contributed by atoms with Gasteiger partial charge in [0.05, 0.1) is 0 Å². The number of aliphatic hydroxyl groups is 1. The molecule has 0 saturated carbocycles. The van der Waals surface area contributed by atoms with Crippen molar-refractivity contribution < 1.29 is 5.11 Å². The molecule has 0 spiro atoms. The molecule has 1 aromatic carbocycles. The molecule has 0 atom stereocenters. The molecule has 0 unspecified atom stereocenters. The molecule has 0 aromatic heterocycles. The molecule has 0 aliphatic heterocycles. The van der Waals surface area contributed by atoms with Crippen molar-refractivity contribution in [3.05, 3.63) is 40.6 Å². The van der Waals surface area contributed by atoms with Gasteiger partial charge in [0.25, 0.3) is 0 Å². The van der Waals surface area contributed by atoms with Gasteiger partial charge in [0, 0.05) is 0 Å². The second-order valence-electron chi connectivity index (χ2n) is 3.85. The number of hydrogen-bond donors (Lipinski definition) is 1. The second kappa shape index (κ2) is 5.39. The van der Waals surface area contributed by atoms with E-state index in [4.69, 9.17) is 0 Å². The standard InChI is InChI=1S/C13H16OSe/c14-12-9-5-2-6-10-13(12)15-11-7-3-1-4-8-11/h1,3-4,7-8,14H,2,5-6,9-10H2. The van der Waals surface area contributed by atoms with Crippen molar-refractivity contribution in [2.24, 2.45) is 0 Å². The molecule has 0 bridgehead atoms. The molecule has 0 fully saturated rings. The van der Waals surface area contributed by atoms with E-state index in [-0.39, 0.29) is 0 Å². The quantitative estimate of drug-likeness (QED) is 0.817. The van der Waals surface area contributed by atoms with Crippen LogP contribution >= 0.6 is 0 Å². The van der Waals surface area contributed by atoms with Gasteiger partial charge in [0.2, 0.25) is 0 Å². The van der Waals surface area contributed by atoms with Crippen LogP contribution in [0.3, 0.4) is 0 Å². The minimum absolute atomic E-state index is 0.329. The van der Waals surface area contributed by atoms with E-state index in [1.165, 1.54) is 21.8 Å². The van der Waals surface area contributed by atoms with E-state index >= 15 is 0 Å². The summed E-state index contributed by atoms with van der Waals surface area (Å²) in [7, 11) is 0. The Labute approximate surface area is 97.4 Å². The molecule has 0 amide bonds. The van der Waals surface area contributed by atoms with Gasteiger partial charge in [-0.25, -0.2) is 0 Å². The summed E-state index contributed by atoms with van der Waals surface area (Å²) in [6, 6.07) is 10.5. The first-order valence-electron chi connectivity index (χ1n) is 5.50. The van der Waals surface area contributed by atoms with Crippen LogP contribution < -0.4 is 4.46 Å². The van der Waals surface area contributed by atoms with Crippen molar-refractivity contribution in [2.75, 3.05) is 0 Å². The Bertz CT molecular complexity index is 343. The van der Waals surface area contributed by atoms with Crippen molar-refractivity contribution >= 4 is 19.4 Å². The third kappa shape index (κ3) is 3.12. The fourth-order valence-corrected chi connectivity index (χ4v) is 3.97. The Kier molecular flexibility index (Phi) is 3.87. The normalized spacial score (nSPS) is 17.6. The average Bonchev–Trinajstić information content (AvgIpc) is 2.46. The SMILES string of the molecule is OC1=C([Se]c2ccccc2)CCCCC1. The molecule has 1 N–H and O–H groups in total. The molecule has 0 saturated heterocycles. The van der Waals surface area contributed by atoms with Crippen LogP contribution in [-0.4, -0.2) is 20.1 Å². The van der Waals surface area contributed by atoms with E-state index in [1.54, 1.807) is 0 Å². The average molecular weight is 267 g/mol. The molecule has 15 heavy (non-hydrogen) atoms. The monoisotopic (exact) mass is 268 g/mol. The van der Waals surface area contributed by atoms with E-state index in [2.05, 4.69) is 24.3 Å². The zero-order chi connectivity index (χ0) is 10.5. The van der Waals surface area contributed by atoms with E-state index in [0.717, 1.165) is 19.3 Å². The Hall–Kier alpha value is -0.721. The molecule has 2 rings (SSSR count). The minimum atomic E-state index is 0.329. The fourth-order valence-electron chi connectivity index (χ4n) is 1.78. The predicted octanol–water partition coefficient (Wildman–Crippen LogP) is 2.75. The number of hydrogen-bond acceptors (Lipinski definition) is 1. The van der Waals surface area contributed by atoms with E-state index in [9.17, 15) is 5.11 Å². The maximum atomic E-state index is 9.91. The Balaban J connectivity index is 2.10. The van der Waals surface area contributed by atoms with Gasteiger partial charge in [-0.15, -0.1) is 0 Å². The van der Waals surface area contributed by atoms with Crippen molar-refractivity contribution in [2.45, 2.75) is 32.1 Å². The molecule has 1 nitrogen and oxygen atoms in total. The first-order valence-corrected chi connectivity index (χ1v) is 7.21. The van der Waals surface area contributed by atoms with Gasteiger partial charge in [0.15, 0.2) is 0 Å². The first kappa shape index (κ1) is 10.8.